The Morgan fingerprint density at radius 1 is 1.21 bits per heavy atom. The molecule has 1 fully saturated rings. The topological polar surface area (TPSA) is 64.0 Å². The first kappa shape index (κ1) is 20.2. The van der Waals surface area contributed by atoms with Gasteiger partial charge in [-0.05, 0) is 36.8 Å². The van der Waals surface area contributed by atoms with Gasteiger partial charge in [0.1, 0.15) is 4.70 Å². The van der Waals surface area contributed by atoms with Crippen LogP contribution in [0.15, 0.2) is 45.7 Å². The van der Waals surface area contributed by atoms with E-state index in [1.165, 1.54) is 47.9 Å². The van der Waals surface area contributed by atoms with E-state index in [0.29, 0.717) is 28.0 Å². The van der Waals surface area contributed by atoms with Crippen LogP contribution in [0.2, 0.25) is 0 Å². The van der Waals surface area contributed by atoms with Crippen LogP contribution in [0.3, 0.4) is 0 Å². The van der Waals surface area contributed by atoms with Gasteiger partial charge in [-0.2, -0.15) is 0 Å². The third kappa shape index (κ3) is 4.90. The summed E-state index contributed by atoms with van der Waals surface area (Å²) in [6.07, 6.45) is 5.76. The minimum absolute atomic E-state index is 0.0171. The van der Waals surface area contributed by atoms with Gasteiger partial charge in [0.05, 0.1) is 17.8 Å². The minimum atomic E-state index is -0.0410. The number of carbonyl (C=O) groups is 1. The lowest BCUT2D eigenvalue weighted by Crippen LogP contribution is -2.37. The second kappa shape index (κ2) is 9.13. The van der Waals surface area contributed by atoms with E-state index in [2.05, 4.69) is 10.3 Å². The Morgan fingerprint density at radius 2 is 1.97 bits per heavy atom. The van der Waals surface area contributed by atoms with Gasteiger partial charge >= 0.3 is 0 Å². The van der Waals surface area contributed by atoms with Crippen molar-refractivity contribution >= 4 is 39.2 Å². The number of rotatable bonds is 6. The molecule has 0 spiro atoms. The second-order valence-corrected chi connectivity index (χ2v) is 9.46. The minimum Gasteiger partial charge on any atom is -0.353 e. The SMILES string of the molecule is Cc1ccc(Cn2c(SCC(=O)NC3CCCCC3)nc3ccsc3c2=O)cc1. The Kier molecular flexibility index (Phi) is 6.35. The van der Waals surface area contributed by atoms with Crippen molar-refractivity contribution in [3.8, 4) is 0 Å². The largest absolute Gasteiger partial charge is 0.353 e. The zero-order valence-electron chi connectivity index (χ0n) is 16.5. The molecule has 7 heteroatoms. The van der Waals surface area contributed by atoms with Crippen LogP contribution in [0.4, 0.5) is 0 Å². The number of hydrogen-bond donors (Lipinski definition) is 1. The van der Waals surface area contributed by atoms with Crippen LogP contribution in [-0.4, -0.2) is 27.3 Å². The molecule has 2 aromatic heterocycles. The molecule has 0 aliphatic heterocycles. The van der Waals surface area contributed by atoms with Crippen LogP contribution >= 0.6 is 23.1 Å². The number of benzene rings is 1. The summed E-state index contributed by atoms with van der Waals surface area (Å²) in [5, 5.41) is 5.62. The van der Waals surface area contributed by atoms with E-state index < -0.39 is 0 Å². The number of nitrogens with zero attached hydrogens (tertiary/aromatic N) is 2. The van der Waals surface area contributed by atoms with Gasteiger partial charge in [0, 0.05) is 6.04 Å². The van der Waals surface area contributed by atoms with Crippen molar-refractivity contribution in [1.82, 2.24) is 14.9 Å². The summed E-state index contributed by atoms with van der Waals surface area (Å²) in [5.74, 6) is 0.287. The average molecular weight is 428 g/mol. The molecule has 1 N–H and O–H groups in total. The Bertz CT molecular complexity index is 1050. The fourth-order valence-corrected chi connectivity index (χ4v) is 5.28. The zero-order valence-corrected chi connectivity index (χ0v) is 18.2. The first-order valence-corrected chi connectivity index (χ1v) is 11.9. The number of hydrogen-bond acceptors (Lipinski definition) is 5. The first-order chi connectivity index (χ1) is 14.1. The van der Waals surface area contributed by atoms with E-state index in [9.17, 15) is 9.59 Å². The van der Waals surface area contributed by atoms with Gasteiger partial charge in [-0.3, -0.25) is 14.2 Å². The molecule has 1 aliphatic rings. The summed E-state index contributed by atoms with van der Waals surface area (Å²) in [7, 11) is 0. The summed E-state index contributed by atoms with van der Waals surface area (Å²) < 4.78 is 2.36. The van der Waals surface area contributed by atoms with Crippen molar-refractivity contribution < 1.29 is 4.79 Å². The highest BCUT2D eigenvalue weighted by Crippen LogP contribution is 2.22. The summed E-state index contributed by atoms with van der Waals surface area (Å²) in [6.45, 7) is 2.49. The summed E-state index contributed by atoms with van der Waals surface area (Å²) in [6, 6.07) is 10.3. The molecule has 1 amide bonds. The fourth-order valence-electron chi connectivity index (χ4n) is 3.70. The van der Waals surface area contributed by atoms with Crippen LogP contribution in [-0.2, 0) is 11.3 Å². The van der Waals surface area contributed by atoms with Gasteiger partial charge in [-0.25, -0.2) is 4.98 Å². The molecule has 0 radical (unpaired) electrons. The molecule has 152 valence electrons. The predicted octanol–water partition coefficient (Wildman–Crippen LogP) is 4.36. The van der Waals surface area contributed by atoms with Crippen LogP contribution in [0, 0.1) is 6.92 Å². The summed E-state index contributed by atoms with van der Waals surface area (Å²) in [4.78, 5) is 30.2. The van der Waals surface area contributed by atoms with Crippen molar-refractivity contribution in [2.24, 2.45) is 0 Å². The molecule has 0 unspecified atom stereocenters. The Labute approximate surface area is 178 Å². The molecule has 1 aliphatic carbocycles. The monoisotopic (exact) mass is 427 g/mol. The smallest absolute Gasteiger partial charge is 0.272 e. The normalized spacial score (nSPS) is 14.9. The van der Waals surface area contributed by atoms with Gasteiger partial charge < -0.3 is 5.32 Å². The highest BCUT2D eigenvalue weighted by Gasteiger charge is 2.18. The second-order valence-electron chi connectivity index (χ2n) is 7.60. The number of thiophene rings is 1. The number of thioether (sulfide) groups is 1. The molecular weight excluding hydrogens is 402 g/mol. The van der Waals surface area contributed by atoms with Gasteiger partial charge in [0.25, 0.3) is 5.56 Å². The fraction of sp³-hybridized carbons (Fsp3) is 0.409. The lowest BCUT2D eigenvalue weighted by Gasteiger charge is -2.22. The van der Waals surface area contributed by atoms with Crippen molar-refractivity contribution in [1.29, 1.82) is 0 Å². The zero-order chi connectivity index (χ0) is 20.2. The van der Waals surface area contributed by atoms with Crippen molar-refractivity contribution in [3.63, 3.8) is 0 Å². The van der Waals surface area contributed by atoms with Crippen molar-refractivity contribution in [2.45, 2.75) is 56.8 Å². The molecule has 0 bridgehead atoms. The maximum atomic E-state index is 13.1. The number of nitrogens with one attached hydrogen (secondary N) is 1. The van der Waals surface area contributed by atoms with Crippen molar-refractivity contribution in [2.75, 3.05) is 5.75 Å². The van der Waals surface area contributed by atoms with E-state index in [1.807, 2.05) is 42.6 Å². The molecule has 2 heterocycles. The summed E-state index contributed by atoms with van der Waals surface area (Å²) >= 11 is 2.76. The number of amides is 1. The maximum Gasteiger partial charge on any atom is 0.272 e. The Morgan fingerprint density at radius 3 is 2.72 bits per heavy atom. The third-order valence-corrected chi connectivity index (χ3v) is 7.16. The molecule has 5 nitrogen and oxygen atoms in total. The number of carbonyl (C=O) groups excluding carboxylic acids is 1. The van der Waals surface area contributed by atoms with E-state index >= 15 is 0 Å². The van der Waals surface area contributed by atoms with Crippen LogP contribution < -0.4 is 10.9 Å². The lowest BCUT2D eigenvalue weighted by atomic mass is 9.95. The molecule has 29 heavy (non-hydrogen) atoms. The number of aromatic nitrogens is 2. The molecular formula is C22H25N3O2S2. The van der Waals surface area contributed by atoms with Gasteiger partial charge in [-0.1, -0.05) is 60.9 Å². The van der Waals surface area contributed by atoms with E-state index in [1.54, 1.807) is 4.57 Å². The highest BCUT2D eigenvalue weighted by atomic mass is 32.2. The predicted molar refractivity (Wildman–Crippen MR) is 120 cm³/mol. The molecule has 1 saturated carbocycles. The number of aryl methyl sites for hydroxylation is 1. The average Bonchev–Trinajstić information content (AvgIpc) is 3.20. The quantitative estimate of drug-likeness (QED) is 0.469. The highest BCUT2D eigenvalue weighted by molar-refractivity contribution is 7.99. The van der Waals surface area contributed by atoms with Gasteiger partial charge in [0.2, 0.25) is 5.91 Å². The van der Waals surface area contributed by atoms with E-state index in [0.717, 1.165) is 18.4 Å². The molecule has 1 aromatic carbocycles. The van der Waals surface area contributed by atoms with E-state index in [-0.39, 0.29) is 17.2 Å². The van der Waals surface area contributed by atoms with Crippen LogP contribution in [0.25, 0.3) is 10.2 Å². The molecule has 4 rings (SSSR count). The van der Waals surface area contributed by atoms with Gasteiger partial charge in [0.15, 0.2) is 5.16 Å². The standard InChI is InChI=1S/C22H25N3O2S2/c1-15-7-9-16(10-8-15)13-25-21(27)20-18(11-12-28-20)24-22(25)29-14-19(26)23-17-5-3-2-4-6-17/h7-12,17H,2-6,13-14H2,1H3,(H,23,26). The van der Waals surface area contributed by atoms with Crippen LogP contribution in [0.1, 0.15) is 43.2 Å². The summed E-state index contributed by atoms with van der Waals surface area (Å²) in [5.41, 5.74) is 2.89. The maximum absolute atomic E-state index is 13.1. The van der Waals surface area contributed by atoms with Crippen LogP contribution in [0.5, 0.6) is 0 Å². The number of fused-ring (bicyclic) bond motifs is 1. The first-order valence-electron chi connectivity index (χ1n) is 10.1. The lowest BCUT2D eigenvalue weighted by molar-refractivity contribution is -0.119. The Balaban J connectivity index is 1.54. The van der Waals surface area contributed by atoms with Gasteiger partial charge in [-0.15, -0.1) is 11.3 Å². The molecule has 0 atom stereocenters. The van der Waals surface area contributed by atoms with E-state index in [4.69, 9.17) is 0 Å². The third-order valence-electron chi connectivity index (χ3n) is 5.29. The molecule has 0 saturated heterocycles. The van der Waals surface area contributed by atoms with Crippen molar-refractivity contribution in [3.05, 3.63) is 57.2 Å². The Hall–Kier alpha value is -2.12. The molecule has 3 aromatic rings.